The van der Waals surface area contributed by atoms with E-state index in [0.717, 1.165) is 24.0 Å². The van der Waals surface area contributed by atoms with Crippen molar-refractivity contribution in [2.24, 2.45) is 0 Å². The molecule has 2 aromatic rings. The second kappa shape index (κ2) is 13.2. The quantitative estimate of drug-likeness (QED) is 0.268. The van der Waals surface area contributed by atoms with Crippen molar-refractivity contribution in [1.82, 2.24) is 10.2 Å². The Hall–Kier alpha value is -3.62. The van der Waals surface area contributed by atoms with E-state index < -0.39 is 11.0 Å². The molecule has 0 fully saturated rings. The van der Waals surface area contributed by atoms with Gasteiger partial charge in [0.2, 0.25) is 11.7 Å². The summed E-state index contributed by atoms with van der Waals surface area (Å²) in [6, 6.07) is 11.1. The summed E-state index contributed by atoms with van der Waals surface area (Å²) < 4.78 is 10.7. The summed E-state index contributed by atoms with van der Waals surface area (Å²) >= 11 is 0. The highest BCUT2D eigenvalue weighted by Crippen LogP contribution is 2.30. The number of carbonyl (C=O) groups excluding carboxylic acids is 2. The summed E-state index contributed by atoms with van der Waals surface area (Å²) in [7, 11) is 1.32. The summed E-state index contributed by atoms with van der Waals surface area (Å²) in [4.78, 5) is 38.3. The number of rotatable bonds is 13. The lowest BCUT2D eigenvalue weighted by atomic mass is 10.1. The standard InChI is InChI=1S/C25H33N3O6/c1-5-7-14-26-25(30)21(6-2)27(16-19-11-9-8-10-18(19)3)24(29)17-34-20-12-13-22(28(31)32)23(15-20)33-4/h8-13,15,21H,5-7,14,16-17H2,1-4H3,(H,26,30)/t21-/m1/s1. The average molecular weight is 472 g/mol. The zero-order valence-electron chi connectivity index (χ0n) is 20.2. The van der Waals surface area contributed by atoms with Crippen molar-refractivity contribution >= 4 is 17.5 Å². The molecule has 0 unspecified atom stereocenters. The molecule has 0 bridgehead atoms. The number of nitro groups is 1. The van der Waals surface area contributed by atoms with Crippen molar-refractivity contribution < 1.29 is 24.0 Å². The van der Waals surface area contributed by atoms with E-state index >= 15 is 0 Å². The Kier molecular flexibility index (Phi) is 10.3. The van der Waals surface area contributed by atoms with Crippen LogP contribution >= 0.6 is 0 Å². The number of aryl methyl sites for hydroxylation is 1. The van der Waals surface area contributed by atoms with Crippen LogP contribution in [0.3, 0.4) is 0 Å². The lowest BCUT2D eigenvalue weighted by Gasteiger charge is -2.31. The topological polar surface area (TPSA) is 111 Å². The number of benzene rings is 2. The largest absolute Gasteiger partial charge is 0.490 e. The highest BCUT2D eigenvalue weighted by Gasteiger charge is 2.29. The molecule has 2 amide bonds. The van der Waals surface area contributed by atoms with Crippen LogP contribution in [0, 0.1) is 17.0 Å². The fraction of sp³-hybridized carbons (Fsp3) is 0.440. The van der Waals surface area contributed by atoms with Gasteiger partial charge in [0, 0.05) is 25.2 Å². The van der Waals surface area contributed by atoms with E-state index in [1.165, 1.54) is 30.2 Å². The number of nitro benzene ring substituents is 1. The van der Waals surface area contributed by atoms with Crippen LogP contribution in [-0.4, -0.2) is 47.9 Å². The van der Waals surface area contributed by atoms with Crippen molar-refractivity contribution in [3.05, 3.63) is 63.7 Å². The monoisotopic (exact) mass is 471 g/mol. The number of methoxy groups -OCH3 is 1. The Labute approximate surface area is 200 Å². The zero-order valence-corrected chi connectivity index (χ0v) is 20.2. The average Bonchev–Trinajstić information content (AvgIpc) is 2.83. The molecule has 2 rings (SSSR count). The summed E-state index contributed by atoms with van der Waals surface area (Å²) in [5, 5.41) is 14.0. The second-order valence-corrected chi connectivity index (χ2v) is 7.90. The van der Waals surface area contributed by atoms with Crippen molar-refractivity contribution in [2.75, 3.05) is 20.3 Å². The molecule has 2 aromatic carbocycles. The van der Waals surface area contributed by atoms with Crippen LogP contribution < -0.4 is 14.8 Å². The number of ether oxygens (including phenoxy) is 2. The number of nitrogens with one attached hydrogen (secondary N) is 1. The summed E-state index contributed by atoms with van der Waals surface area (Å²) in [6.45, 7) is 6.35. The van der Waals surface area contributed by atoms with Gasteiger partial charge in [0.05, 0.1) is 12.0 Å². The van der Waals surface area contributed by atoms with Gasteiger partial charge in [0.15, 0.2) is 6.61 Å². The Morgan fingerprint density at radius 2 is 1.91 bits per heavy atom. The van der Waals surface area contributed by atoms with Gasteiger partial charge in [-0.05, 0) is 37.0 Å². The summed E-state index contributed by atoms with van der Waals surface area (Å²) in [5.41, 5.74) is 1.76. The first kappa shape index (κ1) is 26.6. The van der Waals surface area contributed by atoms with E-state index in [-0.39, 0.29) is 42.2 Å². The lowest BCUT2D eigenvalue weighted by molar-refractivity contribution is -0.385. The van der Waals surface area contributed by atoms with E-state index in [1.807, 2.05) is 45.0 Å². The molecule has 0 spiro atoms. The number of nitrogens with zero attached hydrogens (tertiary/aromatic N) is 2. The zero-order chi connectivity index (χ0) is 25.1. The number of amides is 2. The maximum Gasteiger partial charge on any atom is 0.311 e. The van der Waals surface area contributed by atoms with Crippen LogP contribution in [0.1, 0.15) is 44.2 Å². The van der Waals surface area contributed by atoms with E-state index in [4.69, 9.17) is 9.47 Å². The van der Waals surface area contributed by atoms with Crippen molar-refractivity contribution in [3.8, 4) is 11.5 Å². The highest BCUT2D eigenvalue weighted by atomic mass is 16.6. The van der Waals surface area contributed by atoms with Crippen molar-refractivity contribution in [1.29, 1.82) is 0 Å². The molecule has 1 atom stereocenters. The van der Waals surface area contributed by atoms with Gasteiger partial charge < -0.3 is 19.7 Å². The van der Waals surface area contributed by atoms with E-state index in [0.29, 0.717) is 13.0 Å². The maximum absolute atomic E-state index is 13.3. The SMILES string of the molecule is CCCCNC(=O)[C@@H](CC)N(Cc1ccccc1C)C(=O)COc1ccc([N+](=O)[O-])c(OC)c1. The molecular formula is C25H33N3O6. The Bertz CT molecular complexity index is 994. The maximum atomic E-state index is 13.3. The third kappa shape index (κ3) is 7.19. The summed E-state index contributed by atoms with van der Waals surface area (Å²) in [5.74, 6) is -0.270. The smallest absolute Gasteiger partial charge is 0.311 e. The minimum Gasteiger partial charge on any atom is -0.490 e. The van der Waals surface area contributed by atoms with Gasteiger partial charge in [-0.2, -0.15) is 0 Å². The van der Waals surface area contributed by atoms with Gasteiger partial charge in [-0.25, -0.2) is 0 Å². The van der Waals surface area contributed by atoms with Crippen LogP contribution in [0.15, 0.2) is 42.5 Å². The fourth-order valence-corrected chi connectivity index (χ4v) is 3.52. The molecule has 0 aromatic heterocycles. The Balaban J connectivity index is 2.23. The van der Waals surface area contributed by atoms with E-state index in [1.54, 1.807) is 0 Å². The van der Waals surface area contributed by atoms with Gasteiger partial charge in [0.1, 0.15) is 11.8 Å². The Morgan fingerprint density at radius 1 is 1.18 bits per heavy atom. The van der Waals surface area contributed by atoms with Crippen LogP contribution in [0.2, 0.25) is 0 Å². The molecule has 34 heavy (non-hydrogen) atoms. The van der Waals surface area contributed by atoms with Crippen LogP contribution in [0.5, 0.6) is 11.5 Å². The van der Waals surface area contributed by atoms with E-state index in [9.17, 15) is 19.7 Å². The molecule has 9 heteroatoms. The number of carbonyl (C=O) groups is 2. The number of unbranched alkanes of at least 4 members (excludes halogenated alkanes) is 1. The predicted octanol–water partition coefficient (Wildman–Crippen LogP) is 4.01. The van der Waals surface area contributed by atoms with E-state index in [2.05, 4.69) is 5.32 Å². The first-order valence-electron chi connectivity index (χ1n) is 11.4. The molecular weight excluding hydrogens is 438 g/mol. The molecule has 0 radical (unpaired) electrons. The molecule has 0 saturated carbocycles. The molecule has 0 aliphatic rings. The van der Waals surface area contributed by atoms with Crippen LogP contribution in [0.25, 0.3) is 0 Å². The van der Waals surface area contributed by atoms with Gasteiger partial charge in [0.25, 0.3) is 5.91 Å². The third-order valence-electron chi connectivity index (χ3n) is 5.53. The van der Waals surface area contributed by atoms with Crippen molar-refractivity contribution in [3.63, 3.8) is 0 Å². The number of hydrogen-bond donors (Lipinski definition) is 1. The molecule has 0 saturated heterocycles. The molecule has 0 aliphatic heterocycles. The first-order valence-corrected chi connectivity index (χ1v) is 11.4. The molecule has 184 valence electrons. The van der Waals surface area contributed by atoms with Crippen molar-refractivity contribution in [2.45, 2.75) is 52.6 Å². The Morgan fingerprint density at radius 3 is 2.53 bits per heavy atom. The lowest BCUT2D eigenvalue weighted by Crippen LogP contribution is -2.50. The molecule has 0 heterocycles. The van der Waals surface area contributed by atoms with Crippen LogP contribution in [-0.2, 0) is 16.1 Å². The highest BCUT2D eigenvalue weighted by molar-refractivity contribution is 5.88. The number of hydrogen-bond acceptors (Lipinski definition) is 6. The third-order valence-corrected chi connectivity index (χ3v) is 5.53. The summed E-state index contributed by atoms with van der Waals surface area (Å²) in [6.07, 6.45) is 2.26. The minimum atomic E-state index is -0.654. The van der Waals surface area contributed by atoms with Gasteiger partial charge in [-0.1, -0.05) is 44.5 Å². The second-order valence-electron chi connectivity index (χ2n) is 7.90. The molecule has 9 nitrogen and oxygen atoms in total. The van der Waals surface area contributed by atoms with Gasteiger partial charge in [-0.15, -0.1) is 0 Å². The first-order chi connectivity index (χ1) is 16.3. The normalized spacial score (nSPS) is 11.4. The van der Waals surface area contributed by atoms with Gasteiger partial charge in [-0.3, -0.25) is 19.7 Å². The fourth-order valence-electron chi connectivity index (χ4n) is 3.52. The van der Waals surface area contributed by atoms with Gasteiger partial charge >= 0.3 is 5.69 Å². The minimum absolute atomic E-state index is 0.0356. The molecule has 1 N–H and O–H groups in total. The molecule has 0 aliphatic carbocycles. The predicted molar refractivity (Wildman–Crippen MR) is 129 cm³/mol. The van der Waals surface area contributed by atoms with Crippen LogP contribution in [0.4, 0.5) is 5.69 Å².